The van der Waals surface area contributed by atoms with Crippen LogP contribution < -0.4 is 10.1 Å². The van der Waals surface area contributed by atoms with Gasteiger partial charge in [-0.3, -0.25) is 10.1 Å². The van der Waals surface area contributed by atoms with Gasteiger partial charge in [-0.1, -0.05) is 13.0 Å². The Morgan fingerprint density at radius 1 is 1.48 bits per heavy atom. The summed E-state index contributed by atoms with van der Waals surface area (Å²) in [4.78, 5) is 14.9. The van der Waals surface area contributed by atoms with Crippen LogP contribution in [-0.2, 0) is 13.2 Å². The number of nitrogens with zero attached hydrogens (tertiary/aromatic N) is 2. The van der Waals surface area contributed by atoms with E-state index >= 15 is 0 Å². The molecule has 0 fully saturated rings. The second-order valence-corrected chi connectivity index (χ2v) is 5.45. The first-order chi connectivity index (χ1) is 10.1. The lowest BCUT2D eigenvalue weighted by Crippen LogP contribution is -2.12. The molecule has 1 aromatic heterocycles. The van der Waals surface area contributed by atoms with Crippen molar-refractivity contribution in [2.75, 3.05) is 6.54 Å². The Morgan fingerprint density at radius 2 is 2.29 bits per heavy atom. The molecule has 0 aliphatic carbocycles. The summed E-state index contributed by atoms with van der Waals surface area (Å²) in [6.07, 6.45) is 0. The van der Waals surface area contributed by atoms with Gasteiger partial charge in [0.15, 0.2) is 5.75 Å². The van der Waals surface area contributed by atoms with E-state index in [0.717, 1.165) is 22.8 Å². The van der Waals surface area contributed by atoms with E-state index in [0.29, 0.717) is 6.54 Å². The van der Waals surface area contributed by atoms with E-state index < -0.39 is 4.92 Å². The summed E-state index contributed by atoms with van der Waals surface area (Å²) in [7, 11) is 0. The third-order valence-corrected chi connectivity index (χ3v) is 3.76. The molecular weight excluding hydrogens is 290 g/mol. The van der Waals surface area contributed by atoms with Crippen LogP contribution >= 0.6 is 11.3 Å². The molecule has 2 aromatic rings. The fraction of sp³-hybridized carbons (Fsp3) is 0.357. The fourth-order valence-electron chi connectivity index (χ4n) is 1.81. The van der Waals surface area contributed by atoms with Crippen molar-refractivity contribution in [1.29, 1.82) is 0 Å². The van der Waals surface area contributed by atoms with E-state index in [9.17, 15) is 10.1 Å². The van der Waals surface area contributed by atoms with Crippen molar-refractivity contribution in [3.8, 4) is 5.75 Å². The number of thiazole rings is 1. The van der Waals surface area contributed by atoms with Gasteiger partial charge in [-0.25, -0.2) is 4.98 Å². The quantitative estimate of drug-likeness (QED) is 0.628. The van der Waals surface area contributed by atoms with Gasteiger partial charge in [-0.05, 0) is 25.1 Å². The Labute approximate surface area is 126 Å². The fourth-order valence-corrected chi connectivity index (χ4v) is 2.50. The lowest BCUT2D eigenvalue weighted by atomic mass is 10.2. The summed E-state index contributed by atoms with van der Waals surface area (Å²) in [5, 5.41) is 17.0. The van der Waals surface area contributed by atoms with E-state index in [1.54, 1.807) is 12.1 Å². The van der Waals surface area contributed by atoms with Gasteiger partial charge in [0.1, 0.15) is 11.6 Å². The van der Waals surface area contributed by atoms with Gasteiger partial charge >= 0.3 is 5.69 Å². The molecule has 0 saturated carbocycles. The number of ether oxygens (including phenoxy) is 1. The van der Waals surface area contributed by atoms with Gasteiger partial charge in [0.25, 0.3) is 0 Å². The summed E-state index contributed by atoms with van der Waals surface area (Å²) >= 11 is 1.48. The van der Waals surface area contributed by atoms with Crippen LogP contribution in [-0.4, -0.2) is 16.5 Å². The molecule has 0 spiro atoms. The highest BCUT2D eigenvalue weighted by molar-refractivity contribution is 7.09. The van der Waals surface area contributed by atoms with Crippen LogP contribution in [0.1, 0.15) is 23.2 Å². The number of nitrogens with one attached hydrogen (secondary N) is 1. The Bertz CT molecular complexity index is 628. The number of benzene rings is 1. The number of nitro benzene ring substituents is 1. The molecule has 7 heteroatoms. The molecule has 0 aliphatic rings. The molecule has 1 heterocycles. The van der Waals surface area contributed by atoms with Gasteiger partial charge in [0.05, 0.1) is 4.92 Å². The van der Waals surface area contributed by atoms with Crippen LogP contribution in [0.15, 0.2) is 23.6 Å². The Balaban J connectivity index is 2.15. The minimum atomic E-state index is -0.431. The summed E-state index contributed by atoms with van der Waals surface area (Å²) in [6, 6.07) is 4.93. The van der Waals surface area contributed by atoms with E-state index in [1.807, 2.05) is 19.2 Å². The standard InChI is InChI=1S/C14H17N3O3S/c1-3-15-7-11-4-5-12(17(18)19)13(6-11)20-8-14-16-10(2)9-21-14/h4-6,9,15H,3,7-8H2,1-2H3. The molecule has 6 nitrogen and oxygen atoms in total. The number of aryl methyl sites for hydroxylation is 1. The first-order valence-corrected chi connectivity index (χ1v) is 7.50. The van der Waals surface area contributed by atoms with Crippen LogP contribution in [0.25, 0.3) is 0 Å². The van der Waals surface area contributed by atoms with E-state index in [2.05, 4.69) is 10.3 Å². The first kappa shape index (κ1) is 15.4. The Kier molecular flexibility index (Phi) is 5.24. The minimum absolute atomic E-state index is 0.0245. The smallest absolute Gasteiger partial charge is 0.310 e. The number of hydrogen-bond donors (Lipinski definition) is 1. The molecule has 112 valence electrons. The van der Waals surface area contributed by atoms with Gasteiger partial charge in [0.2, 0.25) is 0 Å². The highest BCUT2D eigenvalue weighted by Gasteiger charge is 2.16. The molecular formula is C14H17N3O3S. The maximum atomic E-state index is 11.1. The Morgan fingerprint density at radius 3 is 2.90 bits per heavy atom. The molecule has 0 saturated heterocycles. The number of aromatic nitrogens is 1. The van der Waals surface area contributed by atoms with Crippen molar-refractivity contribution in [3.63, 3.8) is 0 Å². The third kappa shape index (κ3) is 4.24. The van der Waals surface area contributed by atoms with Crippen molar-refractivity contribution in [3.05, 3.63) is 50.0 Å². The lowest BCUT2D eigenvalue weighted by Gasteiger charge is -2.08. The second-order valence-electron chi connectivity index (χ2n) is 4.51. The number of nitro groups is 1. The minimum Gasteiger partial charge on any atom is -0.479 e. The molecule has 0 unspecified atom stereocenters. The van der Waals surface area contributed by atoms with Gasteiger partial charge in [0, 0.05) is 23.7 Å². The summed E-state index contributed by atoms with van der Waals surface area (Å²) in [5.41, 5.74) is 1.85. The molecule has 0 radical (unpaired) electrons. The summed E-state index contributed by atoms with van der Waals surface area (Å²) in [6.45, 7) is 5.64. The zero-order valence-electron chi connectivity index (χ0n) is 12.0. The molecule has 1 N–H and O–H groups in total. The molecule has 0 aliphatic heterocycles. The van der Waals surface area contributed by atoms with Gasteiger partial charge in [-0.15, -0.1) is 11.3 Å². The summed E-state index contributed by atoms with van der Waals surface area (Å²) in [5.74, 6) is 0.281. The van der Waals surface area contributed by atoms with Crippen LogP contribution in [0.2, 0.25) is 0 Å². The monoisotopic (exact) mass is 307 g/mol. The normalized spacial score (nSPS) is 10.6. The third-order valence-electron chi connectivity index (χ3n) is 2.82. The molecule has 0 bridgehead atoms. The van der Waals surface area contributed by atoms with Crippen LogP contribution in [0.4, 0.5) is 5.69 Å². The van der Waals surface area contributed by atoms with Crippen molar-refractivity contribution in [2.24, 2.45) is 0 Å². The van der Waals surface area contributed by atoms with Crippen molar-refractivity contribution < 1.29 is 9.66 Å². The average Bonchev–Trinajstić information content (AvgIpc) is 2.88. The topological polar surface area (TPSA) is 77.3 Å². The Hall–Kier alpha value is -1.99. The molecule has 0 amide bonds. The molecule has 0 atom stereocenters. The molecule has 2 rings (SSSR count). The summed E-state index contributed by atoms with van der Waals surface area (Å²) < 4.78 is 5.60. The number of hydrogen-bond acceptors (Lipinski definition) is 6. The lowest BCUT2D eigenvalue weighted by molar-refractivity contribution is -0.386. The highest BCUT2D eigenvalue weighted by atomic mass is 32.1. The van der Waals surface area contributed by atoms with E-state index in [-0.39, 0.29) is 18.0 Å². The van der Waals surface area contributed by atoms with Crippen molar-refractivity contribution in [2.45, 2.75) is 27.0 Å². The predicted molar refractivity (Wildman–Crippen MR) is 81.7 cm³/mol. The maximum Gasteiger partial charge on any atom is 0.310 e. The largest absolute Gasteiger partial charge is 0.479 e. The maximum absolute atomic E-state index is 11.1. The van der Waals surface area contributed by atoms with Crippen LogP contribution in [0.3, 0.4) is 0 Å². The molecule has 1 aromatic carbocycles. The first-order valence-electron chi connectivity index (χ1n) is 6.62. The number of rotatable bonds is 7. The average molecular weight is 307 g/mol. The van der Waals surface area contributed by atoms with E-state index in [1.165, 1.54) is 17.4 Å². The van der Waals surface area contributed by atoms with E-state index in [4.69, 9.17) is 4.74 Å². The SMILES string of the molecule is CCNCc1ccc([N+](=O)[O-])c(OCc2nc(C)cs2)c1. The molecule has 21 heavy (non-hydrogen) atoms. The van der Waals surface area contributed by atoms with Crippen LogP contribution in [0.5, 0.6) is 5.75 Å². The van der Waals surface area contributed by atoms with Crippen molar-refractivity contribution >= 4 is 17.0 Å². The second kappa shape index (κ2) is 7.14. The van der Waals surface area contributed by atoms with Gasteiger partial charge in [-0.2, -0.15) is 0 Å². The zero-order chi connectivity index (χ0) is 15.2. The highest BCUT2D eigenvalue weighted by Crippen LogP contribution is 2.29. The predicted octanol–water partition coefficient (Wildman–Crippen LogP) is 3.05. The van der Waals surface area contributed by atoms with Crippen molar-refractivity contribution in [1.82, 2.24) is 10.3 Å². The zero-order valence-corrected chi connectivity index (χ0v) is 12.8. The van der Waals surface area contributed by atoms with Crippen LogP contribution in [0, 0.1) is 17.0 Å². The van der Waals surface area contributed by atoms with Gasteiger partial charge < -0.3 is 10.1 Å².